The standard InChI is InChI=1S/C17H14N2O3/c20-16-13-5-1-3-11-6-7-19(15(11)13)10-14(16)17(21)18-9-12-4-2-8-22-12/h1-5,8,10H,6-7,9H2,(H,18,21). The van der Waals surface area contributed by atoms with Crippen molar-refractivity contribution in [2.75, 3.05) is 0 Å². The van der Waals surface area contributed by atoms with E-state index >= 15 is 0 Å². The molecule has 1 N–H and O–H groups in total. The number of amides is 1. The number of hydrogen-bond acceptors (Lipinski definition) is 3. The van der Waals surface area contributed by atoms with Gasteiger partial charge in [-0.05, 0) is 30.2 Å². The number of nitrogens with one attached hydrogen (secondary N) is 1. The molecule has 0 aliphatic carbocycles. The van der Waals surface area contributed by atoms with Gasteiger partial charge in [-0.1, -0.05) is 12.1 Å². The highest BCUT2D eigenvalue weighted by molar-refractivity contribution is 5.98. The van der Waals surface area contributed by atoms with Gasteiger partial charge in [0.25, 0.3) is 5.91 Å². The minimum Gasteiger partial charge on any atom is -0.467 e. The summed E-state index contributed by atoms with van der Waals surface area (Å²) in [5, 5.41) is 3.34. The predicted molar refractivity (Wildman–Crippen MR) is 81.8 cm³/mol. The number of nitrogens with zero attached hydrogens (tertiary/aromatic N) is 1. The van der Waals surface area contributed by atoms with Gasteiger partial charge in [-0.25, -0.2) is 0 Å². The number of rotatable bonds is 3. The van der Waals surface area contributed by atoms with Crippen molar-refractivity contribution in [1.82, 2.24) is 9.88 Å². The first kappa shape index (κ1) is 12.9. The van der Waals surface area contributed by atoms with Crippen molar-refractivity contribution in [3.63, 3.8) is 0 Å². The average Bonchev–Trinajstić information content (AvgIpc) is 3.19. The van der Waals surface area contributed by atoms with E-state index in [1.54, 1.807) is 30.7 Å². The van der Waals surface area contributed by atoms with Gasteiger partial charge in [-0.2, -0.15) is 0 Å². The Morgan fingerprint density at radius 2 is 2.18 bits per heavy atom. The van der Waals surface area contributed by atoms with Crippen LogP contribution in [-0.4, -0.2) is 10.5 Å². The smallest absolute Gasteiger partial charge is 0.257 e. The molecule has 2 aromatic heterocycles. The van der Waals surface area contributed by atoms with Crippen molar-refractivity contribution < 1.29 is 9.21 Å². The molecule has 0 fully saturated rings. The maximum atomic E-state index is 12.6. The van der Waals surface area contributed by atoms with Gasteiger partial charge in [0.15, 0.2) is 0 Å². The quantitative estimate of drug-likeness (QED) is 0.804. The lowest BCUT2D eigenvalue weighted by atomic mass is 10.1. The van der Waals surface area contributed by atoms with Crippen LogP contribution in [0.1, 0.15) is 21.7 Å². The summed E-state index contributed by atoms with van der Waals surface area (Å²) in [5.41, 5.74) is 2.08. The van der Waals surface area contributed by atoms with Crippen molar-refractivity contribution in [2.24, 2.45) is 0 Å². The molecule has 1 aromatic carbocycles. The highest BCUT2D eigenvalue weighted by Gasteiger charge is 2.20. The SMILES string of the molecule is O=C(NCc1ccco1)c1cn2c3c(cccc3c1=O)CC2. The summed E-state index contributed by atoms with van der Waals surface area (Å²) in [4.78, 5) is 24.9. The molecule has 1 aliphatic heterocycles. The molecule has 0 bridgehead atoms. The molecule has 1 amide bonds. The molecule has 5 nitrogen and oxygen atoms in total. The molecule has 0 saturated heterocycles. The molecule has 0 atom stereocenters. The maximum Gasteiger partial charge on any atom is 0.257 e. The van der Waals surface area contributed by atoms with Crippen molar-refractivity contribution >= 4 is 16.8 Å². The number of hydrogen-bond donors (Lipinski definition) is 1. The lowest BCUT2D eigenvalue weighted by Gasteiger charge is -2.08. The fourth-order valence-electron chi connectivity index (χ4n) is 2.99. The average molecular weight is 294 g/mol. The normalized spacial score (nSPS) is 12.7. The highest BCUT2D eigenvalue weighted by Crippen LogP contribution is 2.23. The summed E-state index contributed by atoms with van der Waals surface area (Å²) in [6.07, 6.45) is 4.11. The third kappa shape index (κ3) is 1.94. The van der Waals surface area contributed by atoms with E-state index in [-0.39, 0.29) is 23.4 Å². The van der Waals surface area contributed by atoms with Crippen LogP contribution in [0.15, 0.2) is 52.0 Å². The Kier molecular flexibility index (Phi) is 2.85. The zero-order valence-electron chi connectivity index (χ0n) is 11.8. The fraction of sp³-hybridized carbons (Fsp3) is 0.176. The number of furan rings is 1. The first-order chi connectivity index (χ1) is 10.7. The Morgan fingerprint density at radius 1 is 1.27 bits per heavy atom. The highest BCUT2D eigenvalue weighted by atomic mass is 16.3. The molecule has 3 heterocycles. The molecule has 22 heavy (non-hydrogen) atoms. The summed E-state index contributed by atoms with van der Waals surface area (Å²) in [5.74, 6) is 0.283. The van der Waals surface area contributed by atoms with E-state index in [9.17, 15) is 9.59 Å². The van der Waals surface area contributed by atoms with Crippen LogP contribution in [0, 0.1) is 0 Å². The molecule has 0 saturated carbocycles. The van der Waals surface area contributed by atoms with E-state index in [0.717, 1.165) is 24.0 Å². The van der Waals surface area contributed by atoms with Gasteiger partial charge in [0.05, 0.1) is 18.3 Å². The van der Waals surface area contributed by atoms with E-state index < -0.39 is 0 Å². The number of pyridine rings is 1. The van der Waals surface area contributed by atoms with Crippen molar-refractivity contribution in [3.8, 4) is 0 Å². The van der Waals surface area contributed by atoms with Gasteiger partial charge in [0, 0.05) is 18.1 Å². The van der Waals surface area contributed by atoms with Crippen LogP contribution in [0.5, 0.6) is 0 Å². The Hall–Kier alpha value is -2.82. The molecule has 4 rings (SSSR count). The molecule has 0 unspecified atom stereocenters. The molecular weight excluding hydrogens is 280 g/mol. The summed E-state index contributed by atoms with van der Waals surface area (Å²) >= 11 is 0. The number of para-hydroxylation sites is 1. The Labute approximate surface area is 126 Å². The van der Waals surface area contributed by atoms with Gasteiger partial charge < -0.3 is 14.3 Å². The second kappa shape index (κ2) is 4.87. The van der Waals surface area contributed by atoms with E-state index in [2.05, 4.69) is 5.32 Å². The number of benzene rings is 1. The van der Waals surface area contributed by atoms with Crippen LogP contribution in [0.2, 0.25) is 0 Å². The van der Waals surface area contributed by atoms with Crippen LogP contribution in [0.25, 0.3) is 10.9 Å². The topological polar surface area (TPSA) is 64.2 Å². The molecular formula is C17H14N2O3. The number of aryl methyl sites for hydroxylation is 2. The molecule has 0 radical (unpaired) electrons. The lowest BCUT2D eigenvalue weighted by Crippen LogP contribution is -2.29. The second-order valence-corrected chi connectivity index (χ2v) is 5.39. The van der Waals surface area contributed by atoms with Crippen molar-refractivity contribution in [2.45, 2.75) is 19.5 Å². The maximum absolute atomic E-state index is 12.6. The third-order valence-corrected chi connectivity index (χ3v) is 4.05. The van der Waals surface area contributed by atoms with E-state index in [1.807, 2.05) is 16.7 Å². The zero-order chi connectivity index (χ0) is 15.1. The van der Waals surface area contributed by atoms with Crippen LogP contribution < -0.4 is 10.7 Å². The minimum absolute atomic E-state index is 0.179. The van der Waals surface area contributed by atoms with Crippen LogP contribution in [0.3, 0.4) is 0 Å². The first-order valence-corrected chi connectivity index (χ1v) is 7.19. The largest absolute Gasteiger partial charge is 0.467 e. The first-order valence-electron chi connectivity index (χ1n) is 7.19. The lowest BCUT2D eigenvalue weighted by molar-refractivity contribution is 0.0946. The van der Waals surface area contributed by atoms with Crippen LogP contribution >= 0.6 is 0 Å². The van der Waals surface area contributed by atoms with Crippen molar-refractivity contribution in [3.05, 3.63) is 69.9 Å². The fourth-order valence-corrected chi connectivity index (χ4v) is 2.99. The molecule has 5 heteroatoms. The Balaban J connectivity index is 1.72. The van der Waals surface area contributed by atoms with E-state index in [0.29, 0.717) is 11.1 Å². The number of aromatic nitrogens is 1. The van der Waals surface area contributed by atoms with Crippen LogP contribution in [-0.2, 0) is 19.5 Å². The van der Waals surface area contributed by atoms with Gasteiger partial charge >= 0.3 is 0 Å². The van der Waals surface area contributed by atoms with Gasteiger partial charge in [-0.15, -0.1) is 0 Å². The summed E-state index contributed by atoms with van der Waals surface area (Å²) < 4.78 is 7.17. The van der Waals surface area contributed by atoms with Gasteiger partial charge in [0.2, 0.25) is 5.43 Å². The van der Waals surface area contributed by atoms with Crippen LogP contribution in [0.4, 0.5) is 0 Å². The molecule has 1 aliphatic rings. The zero-order valence-corrected chi connectivity index (χ0v) is 11.8. The third-order valence-electron chi connectivity index (χ3n) is 4.05. The summed E-state index contributed by atoms with van der Waals surface area (Å²) in [7, 11) is 0. The Bertz CT molecular complexity index is 923. The monoisotopic (exact) mass is 294 g/mol. The number of carbonyl (C=O) groups excluding carboxylic acids is 1. The molecule has 0 spiro atoms. The van der Waals surface area contributed by atoms with Gasteiger partial charge in [-0.3, -0.25) is 9.59 Å². The Morgan fingerprint density at radius 3 is 3.00 bits per heavy atom. The van der Waals surface area contributed by atoms with E-state index in [1.165, 1.54) is 0 Å². The van der Waals surface area contributed by atoms with Crippen molar-refractivity contribution in [1.29, 1.82) is 0 Å². The molecule has 3 aromatic rings. The second-order valence-electron chi connectivity index (χ2n) is 5.39. The van der Waals surface area contributed by atoms with Gasteiger partial charge in [0.1, 0.15) is 11.3 Å². The predicted octanol–water partition coefficient (Wildman–Crippen LogP) is 2.08. The number of carbonyl (C=O) groups is 1. The van der Waals surface area contributed by atoms with E-state index in [4.69, 9.17) is 4.42 Å². The summed E-state index contributed by atoms with van der Waals surface area (Å²) in [6.45, 7) is 1.07. The minimum atomic E-state index is -0.371. The summed E-state index contributed by atoms with van der Waals surface area (Å²) in [6, 6.07) is 9.22. The molecule has 110 valence electrons.